The summed E-state index contributed by atoms with van der Waals surface area (Å²) < 4.78 is 0. The third-order valence-electron chi connectivity index (χ3n) is 4.48. The smallest absolute Gasteiger partial charge is 0.255 e. The topological polar surface area (TPSA) is 48.5 Å². The minimum absolute atomic E-state index is 0.0404. The lowest BCUT2D eigenvalue weighted by Crippen LogP contribution is -2.57. The Morgan fingerprint density at radius 2 is 2.05 bits per heavy atom. The number of hydrogen-bond donors (Lipinski definition) is 1. The molecule has 0 unspecified atom stereocenters. The summed E-state index contributed by atoms with van der Waals surface area (Å²) in [6, 6.07) is 3.70. The van der Waals surface area contributed by atoms with Gasteiger partial charge in [-0.05, 0) is 52.4 Å². The number of likely N-dealkylation sites (N-methyl/N-ethyl adjacent to an activating group) is 2. The standard InChI is InChI=1S/C16H26N4O/c1-5-17-14-8-7-13(11-18-14)15(21)20(4)12-16(19(2)3)9-6-10-16/h7-8,11H,5-6,9-10,12H2,1-4H3,(H,17,18). The number of nitrogens with zero attached hydrogens (tertiary/aromatic N) is 3. The minimum atomic E-state index is 0.0404. The maximum atomic E-state index is 12.5. The fourth-order valence-electron chi connectivity index (χ4n) is 2.87. The number of carbonyl (C=O) groups excluding carboxylic acids is 1. The van der Waals surface area contributed by atoms with E-state index in [-0.39, 0.29) is 11.4 Å². The zero-order valence-corrected chi connectivity index (χ0v) is 13.5. The average molecular weight is 290 g/mol. The van der Waals surface area contributed by atoms with Gasteiger partial charge in [0, 0.05) is 31.9 Å². The van der Waals surface area contributed by atoms with Crippen molar-refractivity contribution in [2.24, 2.45) is 0 Å². The van der Waals surface area contributed by atoms with Crippen molar-refractivity contribution in [2.75, 3.05) is 39.5 Å². The van der Waals surface area contributed by atoms with Crippen molar-refractivity contribution in [3.8, 4) is 0 Å². The number of rotatable bonds is 6. The summed E-state index contributed by atoms with van der Waals surface area (Å²) in [5, 5.41) is 3.13. The van der Waals surface area contributed by atoms with E-state index < -0.39 is 0 Å². The first-order valence-electron chi connectivity index (χ1n) is 7.61. The van der Waals surface area contributed by atoms with E-state index >= 15 is 0 Å². The van der Waals surface area contributed by atoms with E-state index in [0.717, 1.165) is 31.7 Å². The van der Waals surface area contributed by atoms with Gasteiger partial charge in [0.15, 0.2) is 0 Å². The van der Waals surface area contributed by atoms with Crippen molar-refractivity contribution in [3.63, 3.8) is 0 Å². The Morgan fingerprint density at radius 1 is 1.33 bits per heavy atom. The van der Waals surface area contributed by atoms with Crippen LogP contribution in [0, 0.1) is 0 Å². The summed E-state index contributed by atoms with van der Waals surface area (Å²) in [5.74, 6) is 0.846. The van der Waals surface area contributed by atoms with Gasteiger partial charge in [0.1, 0.15) is 5.82 Å². The molecule has 1 aromatic heterocycles. The molecule has 1 amide bonds. The van der Waals surface area contributed by atoms with Gasteiger partial charge < -0.3 is 15.1 Å². The highest BCUT2D eigenvalue weighted by Crippen LogP contribution is 2.36. The number of pyridine rings is 1. The van der Waals surface area contributed by atoms with Gasteiger partial charge in [-0.1, -0.05) is 0 Å². The molecule has 0 radical (unpaired) electrons. The third-order valence-corrected chi connectivity index (χ3v) is 4.48. The Hall–Kier alpha value is -1.62. The summed E-state index contributed by atoms with van der Waals surface area (Å²) in [6.45, 7) is 3.62. The van der Waals surface area contributed by atoms with E-state index in [4.69, 9.17) is 0 Å². The zero-order chi connectivity index (χ0) is 15.5. The Balaban J connectivity index is 2.01. The van der Waals surface area contributed by atoms with Crippen LogP contribution in [0.4, 0.5) is 5.82 Å². The van der Waals surface area contributed by atoms with Crippen LogP contribution in [-0.2, 0) is 0 Å². The maximum absolute atomic E-state index is 12.5. The summed E-state index contributed by atoms with van der Waals surface area (Å²) >= 11 is 0. The van der Waals surface area contributed by atoms with Crippen LogP contribution in [0.1, 0.15) is 36.5 Å². The van der Waals surface area contributed by atoms with Crippen molar-refractivity contribution in [3.05, 3.63) is 23.9 Å². The number of amides is 1. The molecule has 0 saturated heterocycles. The molecule has 0 bridgehead atoms. The molecule has 2 rings (SSSR count). The highest BCUT2D eigenvalue weighted by atomic mass is 16.2. The molecular formula is C16H26N4O. The maximum Gasteiger partial charge on any atom is 0.255 e. The molecule has 21 heavy (non-hydrogen) atoms. The molecule has 5 nitrogen and oxygen atoms in total. The predicted octanol–water partition coefficient (Wildman–Crippen LogP) is 2.07. The number of anilines is 1. The second-order valence-corrected chi connectivity index (χ2v) is 6.10. The first-order valence-corrected chi connectivity index (χ1v) is 7.61. The molecule has 1 aliphatic carbocycles. The van der Waals surface area contributed by atoms with Crippen LogP contribution in [0.25, 0.3) is 0 Å². The molecule has 1 heterocycles. The summed E-state index contributed by atoms with van der Waals surface area (Å²) in [7, 11) is 6.08. The van der Waals surface area contributed by atoms with Gasteiger partial charge in [0.2, 0.25) is 0 Å². The van der Waals surface area contributed by atoms with Crippen molar-refractivity contribution in [1.29, 1.82) is 0 Å². The number of carbonyl (C=O) groups is 1. The van der Waals surface area contributed by atoms with E-state index in [2.05, 4.69) is 29.3 Å². The second kappa shape index (κ2) is 6.43. The van der Waals surface area contributed by atoms with E-state index in [0.29, 0.717) is 5.56 Å². The van der Waals surface area contributed by atoms with Crippen LogP contribution in [-0.4, -0.2) is 60.5 Å². The van der Waals surface area contributed by atoms with E-state index in [1.807, 2.05) is 31.0 Å². The normalized spacial score (nSPS) is 16.4. The van der Waals surface area contributed by atoms with Gasteiger partial charge in [0.25, 0.3) is 5.91 Å². The van der Waals surface area contributed by atoms with Crippen LogP contribution in [0.3, 0.4) is 0 Å². The van der Waals surface area contributed by atoms with Gasteiger partial charge in [-0.2, -0.15) is 0 Å². The molecular weight excluding hydrogens is 264 g/mol. The van der Waals surface area contributed by atoms with Crippen molar-refractivity contribution in [2.45, 2.75) is 31.7 Å². The van der Waals surface area contributed by atoms with E-state index in [1.165, 1.54) is 6.42 Å². The number of nitrogens with one attached hydrogen (secondary N) is 1. The molecule has 0 aromatic carbocycles. The van der Waals surface area contributed by atoms with Gasteiger partial charge >= 0.3 is 0 Å². The second-order valence-electron chi connectivity index (χ2n) is 6.10. The van der Waals surface area contributed by atoms with E-state index in [9.17, 15) is 4.79 Å². The monoisotopic (exact) mass is 290 g/mol. The highest BCUT2D eigenvalue weighted by molar-refractivity contribution is 5.94. The lowest BCUT2D eigenvalue weighted by Gasteiger charge is -2.49. The summed E-state index contributed by atoms with van der Waals surface area (Å²) in [6.07, 6.45) is 5.23. The van der Waals surface area contributed by atoms with Crippen LogP contribution in [0.15, 0.2) is 18.3 Å². The Kier molecular flexibility index (Phi) is 4.83. The lowest BCUT2D eigenvalue weighted by atomic mass is 9.75. The SMILES string of the molecule is CCNc1ccc(C(=O)N(C)CC2(N(C)C)CCC2)cn1. The van der Waals surface area contributed by atoms with E-state index in [1.54, 1.807) is 6.20 Å². The molecule has 1 aromatic rings. The van der Waals surface area contributed by atoms with Crippen LogP contribution < -0.4 is 5.32 Å². The fraction of sp³-hybridized carbons (Fsp3) is 0.625. The van der Waals surface area contributed by atoms with Crippen LogP contribution >= 0.6 is 0 Å². The van der Waals surface area contributed by atoms with Crippen molar-refractivity contribution < 1.29 is 4.79 Å². The number of hydrogen-bond acceptors (Lipinski definition) is 4. The molecule has 0 aliphatic heterocycles. The van der Waals surface area contributed by atoms with Crippen molar-refractivity contribution in [1.82, 2.24) is 14.8 Å². The minimum Gasteiger partial charge on any atom is -0.370 e. The van der Waals surface area contributed by atoms with Crippen molar-refractivity contribution >= 4 is 11.7 Å². The third kappa shape index (κ3) is 3.35. The molecule has 1 fully saturated rings. The molecule has 1 aliphatic rings. The Morgan fingerprint density at radius 3 is 2.48 bits per heavy atom. The zero-order valence-electron chi connectivity index (χ0n) is 13.5. The molecule has 1 saturated carbocycles. The largest absolute Gasteiger partial charge is 0.370 e. The summed E-state index contributed by atoms with van der Waals surface area (Å²) in [5.41, 5.74) is 0.800. The highest BCUT2D eigenvalue weighted by Gasteiger charge is 2.40. The van der Waals surface area contributed by atoms with Crippen LogP contribution in [0.5, 0.6) is 0 Å². The molecule has 0 atom stereocenters. The van der Waals surface area contributed by atoms with Gasteiger partial charge in [0.05, 0.1) is 5.56 Å². The van der Waals surface area contributed by atoms with Crippen LogP contribution in [0.2, 0.25) is 0 Å². The fourth-order valence-corrected chi connectivity index (χ4v) is 2.87. The Bertz CT molecular complexity index is 480. The average Bonchev–Trinajstić information content (AvgIpc) is 2.42. The van der Waals surface area contributed by atoms with Gasteiger partial charge in [-0.3, -0.25) is 4.79 Å². The first-order chi connectivity index (χ1) is 9.98. The molecule has 0 spiro atoms. The molecule has 1 N–H and O–H groups in total. The summed E-state index contributed by atoms with van der Waals surface area (Å²) in [4.78, 5) is 20.8. The first kappa shape index (κ1) is 15.8. The lowest BCUT2D eigenvalue weighted by molar-refractivity contribution is 0.0252. The Labute approximate surface area is 127 Å². The number of aromatic nitrogens is 1. The van der Waals surface area contributed by atoms with Gasteiger partial charge in [-0.15, -0.1) is 0 Å². The molecule has 5 heteroatoms. The van der Waals surface area contributed by atoms with Gasteiger partial charge in [-0.25, -0.2) is 4.98 Å². The quantitative estimate of drug-likeness (QED) is 0.871. The molecule has 116 valence electrons. The predicted molar refractivity (Wildman–Crippen MR) is 85.6 cm³/mol.